The highest BCUT2D eigenvalue weighted by Gasteiger charge is 2.29. The molecular formula is C14H18BrFN2O. The quantitative estimate of drug-likeness (QED) is 0.907. The Morgan fingerprint density at radius 3 is 2.95 bits per heavy atom. The first-order valence-electron chi connectivity index (χ1n) is 6.47. The maximum absolute atomic E-state index is 13.8. The van der Waals surface area contributed by atoms with Crippen molar-refractivity contribution in [3.63, 3.8) is 0 Å². The Bertz CT molecular complexity index is 481. The molecule has 1 aromatic carbocycles. The largest absolute Gasteiger partial charge is 0.338 e. The summed E-state index contributed by atoms with van der Waals surface area (Å²) in [4.78, 5) is 14.0. The van der Waals surface area contributed by atoms with E-state index < -0.39 is 5.82 Å². The molecule has 0 radical (unpaired) electrons. The highest BCUT2D eigenvalue weighted by Crippen LogP contribution is 2.24. The Balaban J connectivity index is 2.15. The normalized spacial score (nSPS) is 23.5. The molecule has 1 fully saturated rings. The van der Waals surface area contributed by atoms with Gasteiger partial charge >= 0.3 is 0 Å². The van der Waals surface area contributed by atoms with E-state index in [0.717, 1.165) is 6.42 Å². The van der Waals surface area contributed by atoms with Crippen LogP contribution < -0.4 is 5.73 Å². The number of nitrogens with zero attached hydrogens (tertiary/aromatic N) is 1. The Kier molecular flexibility index (Phi) is 4.58. The van der Waals surface area contributed by atoms with Crippen molar-refractivity contribution in [3.8, 4) is 0 Å². The number of carbonyl (C=O) groups excluding carboxylic acids is 1. The molecule has 2 unspecified atom stereocenters. The van der Waals surface area contributed by atoms with Gasteiger partial charge in [0.05, 0.1) is 5.56 Å². The lowest BCUT2D eigenvalue weighted by atomic mass is 9.87. The molecule has 3 nitrogen and oxygen atoms in total. The molecule has 1 saturated heterocycles. The maximum atomic E-state index is 13.8. The van der Waals surface area contributed by atoms with Crippen LogP contribution in [0.25, 0.3) is 0 Å². The van der Waals surface area contributed by atoms with Gasteiger partial charge in [0.25, 0.3) is 5.91 Å². The Hall–Kier alpha value is -0.940. The van der Waals surface area contributed by atoms with Crippen LogP contribution in [0.1, 0.15) is 23.7 Å². The van der Waals surface area contributed by atoms with Gasteiger partial charge in [-0.2, -0.15) is 0 Å². The minimum atomic E-state index is -0.484. The number of carbonyl (C=O) groups is 1. The summed E-state index contributed by atoms with van der Waals surface area (Å²) in [6.07, 6.45) is 0.922. The summed E-state index contributed by atoms with van der Waals surface area (Å²) in [5.41, 5.74) is 5.86. The Morgan fingerprint density at radius 1 is 1.58 bits per heavy atom. The highest BCUT2D eigenvalue weighted by atomic mass is 79.9. The van der Waals surface area contributed by atoms with E-state index in [2.05, 4.69) is 22.9 Å². The van der Waals surface area contributed by atoms with Crippen LogP contribution in [0.3, 0.4) is 0 Å². The van der Waals surface area contributed by atoms with Crippen LogP contribution in [0.2, 0.25) is 0 Å². The molecule has 2 N–H and O–H groups in total. The SMILES string of the molecule is CC1CCN(C(=O)c2ccc(Br)cc2F)CC1CN. The van der Waals surface area contributed by atoms with E-state index in [1.807, 2.05) is 0 Å². The molecule has 1 heterocycles. The summed E-state index contributed by atoms with van der Waals surface area (Å²) in [5, 5.41) is 0. The second-order valence-electron chi connectivity index (χ2n) is 5.14. The van der Waals surface area contributed by atoms with Crippen molar-refractivity contribution < 1.29 is 9.18 Å². The van der Waals surface area contributed by atoms with Gasteiger partial charge in [-0.15, -0.1) is 0 Å². The number of halogens is 2. The number of hydrogen-bond donors (Lipinski definition) is 1. The van der Waals surface area contributed by atoms with E-state index in [0.29, 0.717) is 35.9 Å². The van der Waals surface area contributed by atoms with Gasteiger partial charge in [0.2, 0.25) is 0 Å². The number of hydrogen-bond acceptors (Lipinski definition) is 2. The number of rotatable bonds is 2. The van der Waals surface area contributed by atoms with Crippen LogP contribution in [-0.2, 0) is 0 Å². The second kappa shape index (κ2) is 6.01. The summed E-state index contributed by atoms with van der Waals surface area (Å²) in [7, 11) is 0. The van der Waals surface area contributed by atoms with Crippen molar-refractivity contribution in [1.82, 2.24) is 4.90 Å². The first-order valence-corrected chi connectivity index (χ1v) is 7.26. The molecule has 19 heavy (non-hydrogen) atoms. The van der Waals surface area contributed by atoms with E-state index in [-0.39, 0.29) is 11.5 Å². The number of amides is 1. The van der Waals surface area contributed by atoms with Gasteiger partial charge in [-0.3, -0.25) is 4.79 Å². The van der Waals surface area contributed by atoms with Crippen LogP contribution in [0.5, 0.6) is 0 Å². The van der Waals surface area contributed by atoms with E-state index in [4.69, 9.17) is 5.73 Å². The highest BCUT2D eigenvalue weighted by molar-refractivity contribution is 9.10. The predicted molar refractivity (Wildman–Crippen MR) is 76.3 cm³/mol. The molecule has 5 heteroatoms. The summed E-state index contributed by atoms with van der Waals surface area (Å²) in [6.45, 7) is 4.01. The zero-order valence-corrected chi connectivity index (χ0v) is 12.5. The lowest BCUT2D eigenvalue weighted by molar-refractivity contribution is 0.0614. The molecule has 1 aromatic rings. The fourth-order valence-electron chi connectivity index (χ4n) is 2.47. The third-order valence-electron chi connectivity index (χ3n) is 3.87. The van der Waals surface area contributed by atoms with Crippen LogP contribution in [0.4, 0.5) is 4.39 Å². The van der Waals surface area contributed by atoms with Gasteiger partial charge in [-0.05, 0) is 43.0 Å². The summed E-state index contributed by atoms with van der Waals surface area (Å²) in [6, 6.07) is 4.53. The van der Waals surface area contributed by atoms with E-state index >= 15 is 0 Å². The second-order valence-corrected chi connectivity index (χ2v) is 6.05. The summed E-state index contributed by atoms with van der Waals surface area (Å²) in [5.74, 6) is 0.0951. The van der Waals surface area contributed by atoms with Crippen molar-refractivity contribution in [3.05, 3.63) is 34.1 Å². The lowest BCUT2D eigenvalue weighted by Crippen LogP contribution is -2.45. The smallest absolute Gasteiger partial charge is 0.256 e. The fraction of sp³-hybridized carbons (Fsp3) is 0.500. The lowest BCUT2D eigenvalue weighted by Gasteiger charge is -2.36. The monoisotopic (exact) mass is 328 g/mol. The molecule has 1 aliphatic heterocycles. The molecule has 0 bridgehead atoms. The van der Waals surface area contributed by atoms with Crippen LogP contribution >= 0.6 is 15.9 Å². The van der Waals surface area contributed by atoms with Crippen molar-refractivity contribution in [2.24, 2.45) is 17.6 Å². The zero-order valence-electron chi connectivity index (χ0n) is 10.9. The van der Waals surface area contributed by atoms with Gasteiger partial charge in [-0.25, -0.2) is 4.39 Å². The van der Waals surface area contributed by atoms with Crippen molar-refractivity contribution in [2.75, 3.05) is 19.6 Å². The number of likely N-dealkylation sites (tertiary alicyclic amines) is 1. The van der Waals surface area contributed by atoms with E-state index in [1.54, 1.807) is 11.0 Å². The Morgan fingerprint density at radius 2 is 2.32 bits per heavy atom. The van der Waals surface area contributed by atoms with Crippen molar-refractivity contribution in [1.29, 1.82) is 0 Å². The Labute approximate surface area is 121 Å². The topological polar surface area (TPSA) is 46.3 Å². The standard InChI is InChI=1S/C14H18BrFN2O/c1-9-4-5-18(8-10(9)7-17)14(19)12-3-2-11(15)6-13(12)16/h2-3,6,9-10H,4-5,7-8,17H2,1H3. The number of piperidine rings is 1. The van der Waals surface area contributed by atoms with Crippen molar-refractivity contribution in [2.45, 2.75) is 13.3 Å². The predicted octanol–water partition coefficient (Wildman–Crippen LogP) is 2.65. The molecule has 2 atom stereocenters. The first-order chi connectivity index (χ1) is 9.02. The third-order valence-corrected chi connectivity index (χ3v) is 4.36. The molecule has 1 amide bonds. The van der Waals surface area contributed by atoms with Gasteiger partial charge in [0.1, 0.15) is 5.82 Å². The molecule has 0 aromatic heterocycles. The molecular weight excluding hydrogens is 311 g/mol. The zero-order chi connectivity index (χ0) is 14.0. The van der Waals surface area contributed by atoms with Gasteiger partial charge in [0, 0.05) is 17.6 Å². The van der Waals surface area contributed by atoms with Gasteiger partial charge in [0.15, 0.2) is 0 Å². The van der Waals surface area contributed by atoms with Crippen LogP contribution in [0, 0.1) is 17.7 Å². The minimum absolute atomic E-state index is 0.133. The van der Waals surface area contributed by atoms with Crippen molar-refractivity contribution >= 4 is 21.8 Å². The number of nitrogens with two attached hydrogens (primary N) is 1. The average Bonchev–Trinajstić information content (AvgIpc) is 2.38. The molecule has 0 saturated carbocycles. The summed E-state index contributed by atoms with van der Waals surface area (Å²) >= 11 is 3.19. The molecule has 0 spiro atoms. The third kappa shape index (κ3) is 3.15. The first kappa shape index (κ1) is 14.5. The molecule has 2 rings (SSSR count). The maximum Gasteiger partial charge on any atom is 0.256 e. The van der Waals surface area contributed by atoms with Crippen LogP contribution in [0.15, 0.2) is 22.7 Å². The molecule has 1 aliphatic rings. The van der Waals surface area contributed by atoms with Gasteiger partial charge < -0.3 is 10.6 Å². The van der Waals surface area contributed by atoms with E-state index in [9.17, 15) is 9.18 Å². The fourth-order valence-corrected chi connectivity index (χ4v) is 2.81. The molecule has 0 aliphatic carbocycles. The van der Waals surface area contributed by atoms with Gasteiger partial charge in [-0.1, -0.05) is 22.9 Å². The number of benzene rings is 1. The minimum Gasteiger partial charge on any atom is -0.338 e. The van der Waals surface area contributed by atoms with E-state index in [1.165, 1.54) is 12.1 Å². The molecule has 104 valence electrons. The average molecular weight is 329 g/mol. The van der Waals surface area contributed by atoms with Crippen LogP contribution in [-0.4, -0.2) is 30.4 Å². The summed E-state index contributed by atoms with van der Waals surface area (Å²) < 4.78 is 14.4.